The topological polar surface area (TPSA) is 32.6 Å². The van der Waals surface area contributed by atoms with Gasteiger partial charge in [0.25, 0.3) is 0 Å². The predicted molar refractivity (Wildman–Crippen MR) is 45.9 cm³/mol. The number of allylic oxidation sites excluding steroid dienone is 2. The lowest BCUT2D eigenvalue weighted by atomic mass is 9.86. The number of rotatable bonds is 1. The molecule has 1 N–H and O–H groups in total. The molecule has 2 heteroatoms. The van der Waals surface area contributed by atoms with Gasteiger partial charge in [0.1, 0.15) is 0 Å². The Morgan fingerprint density at radius 3 is 2.73 bits per heavy atom. The Hall–Kier alpha value is -0.790. The smallest absolute Gasteiger partial charge is 0.0792 e. The van der Waals surface area contributed by atoms with Crippen LogP contribution in [0.4, 0.5) is 0 Å². The van der Waals surface area contributed by atoms with E-state index in [0.717, 1.165) is 18.6 Å². The van der Waals surface area contributed by atoms with E-state index in [4.69, 9.17) is 5.21 Å². The lowest BCUT2D eigenvalue weighted by molar-refractivity contribution is 0.316. The summed E-state index contributed by atoms with van der Waals surface area (Å²) in [7, 11) is 0. The summed E-state index contributed by atoms with van der Waals surface area (Å²) in [5.41, 5.74) is 0.807. The molecule has 1 atom stereocenters. The second-order valence-corrected chi connectivity index (χ2v) is 3.40. The van der Waals surface area contributed by atoms with Gasteiger partial charge in [-0.25, -0.2) is 0 Å². The van der Waals surface area contributed by atoms with Crippen LogP contribution in [-0.4, -0.2) is 10.9 Å². The highest BCUT2D eigenvalue weighted by Gasteiger charge is 2.14. The van der Waals surface area contributed by atoms with E-state index >= 15 is 0 Å². The van der Waals surface area contributed by atoms with Gasteiger partial charge >= 0.3 is 0 Å². The number of nitrogens with zero attached hydrogens (tertiary/aromatic N) is 1. The molecule has 1 aliphatic rings. The maximum atomic E-state index is 8.45. The molecule has 1 unspecified atom stereocenters. The highest BCUT2D eigenvalue weighted by atomic mass is 16.4. The fraction of sp³-hybridized carbons (Fsp3) is 0.667. The fourth-order valence-electron chi connectivity index (χ4n) is 1.37. The lowest BCUT2D eigenvalue weighted by Crippen LogP contribution is -2.12. The van der Waals surface area contributed by atoms with Gasteiger partial charge in [0.2, 0.25) is 0 Å². The molecular formula is C9H15NO. The first-order valence-electron chi connectivity index (χ1n) is 4.13. The minimum absolute atomic E-state index is 0.667. The molecule has 0 aliphatic heterocycles. The van der Waals surface area contributed by atoms with Crippen molar-refractivity contribution in [3.05, 3.63) is 12.2 Å². The van der Waals surface area contributed by atoms with Gasteiger partial charge in [0.15, 0.2) is 0 Å². The van der Waals surface area contributed by atoms with Gasteiger partial charge in [0.05, 0.1) is 5.71 Å². The van der Waals surface area contributed by atoms with E-state index in [1.165, 1.54) is 0 Å². The van der Waals surface area contributed by atoms with E-state index in [-0.39, 0.29) is 0 Å². The third kappa shape index (κ3) is 2.07. The highest BCUT2D eigenvalue weighted by molar-refractivity contribution is 5.95. The molecule has 0 spiro atoms. The summed E-state index contributed by atoms with van der Waals surface area (Å²) < 4.78 is 0. The molecule has 0 aromatic heterocycles. The molecule has 11 heavy (non-hydrogen) atoms. The molecular weight excluding hydrogens is 138 g/mol. The van der Waals surface area contributed by atoms with E-state index < -0.39 is 0 Å². The van der Waals surface area contributed by atoms with Crippen LogP contribution in [0, 0.1) is 11.8 Å². The Balaban J connectivity index is 2.56. The van der Waals surface area contributed by atoms with Gasteiger partial charge in [-0.3, -0.25) is 0 Å². The molecule has 0 radical (unpaired) electrons. The molecule has 0 saturated carbocycles. The van der Waals surface area contributed by atoms with Crippen molar-refractivity contribution in [3.8, 4) is 0 Å². The van der Waals surface area contributed by atoms with Crippen molar-refractivity contribution < 1.29 is 5.21 Å². The summed E-state index contributed by atoms with van der Waals surface area (Å²) in [5, 5.41) is 11.6. The molecule has 0 aromatic rings. The van der Waals surface area contributed by atoms with Gasteiger partial charge in [-0.05, 0) is 30.8 Å². The van der Waals surface area contributed by atoms with Crippen LogP contribution in [0.1, 0.15) is 26.7 Å². The largest absolute Gasteiger partial charge is 0.411 e. The molecule has 0 fully saturated rings. The summed E-state index contributed by atoms with van der Waals surface area (Å²) in [6.07, 6.45) is 6.10. The fourth-order valence-corrected chi connectivity index (χ4v) is 1.37. The van der Waals surface area contributed by atoms with Gasteiger partial charge < -0.3 is 5.21 Å². The SMILES string of the molecule is CC(C)C1C=C/C(=N\O)CC1. The minimum atomic E-state index is 0.667. The van der Waals surface area contributed by atoms with Crippen LogP contribution >= 0.6 is 0 Å². The minimum Gasteiger partial charge on any atom is -0.411 e. The van der Waals surface area contributed by atoms with Crippen LogP contribution in [0.3, 0.4) is 0 Å². The normalized spacial score (nSPS) is 28.3. The van der Waals surface area contributed by atoms with E-state index in [2.05, 4.69) is 25.1 Å². The van der Waals surface area contributed by atoms with Crippen LogP contribution < -0.4 is 0 Å². The van der Waals surface area contributed by atoms with Crippen LogP contribution in [0.5, 0.6) is 0 Å². The third-order valence-corrected chi connectivity index (χ3v) is 2.25. The molecule has 0 amide bonds. The number of oxime groups is 1. The Bertz CT molecular complexity index is 182. The third-order valence-electron chi connectivity index (χ3n) is 2.25. The zero-order valence-electron chi connectivity index (χ0n) is 7.12. The molecule has 0 heterocycles. The summed E-state index contributed by atoms with van der Waals surface area (Å²) in [6.45, 7) is 4.44. The number of hydrogen-bond donors (Lipinski definition) is 1. The van der Waals surface area contributed by atoms with Gasteiger partial charge in [0, 0.05) is 0 Å². The molecule has 62 valence electrons. The summed E-state index contributed by atoms with van der Waals surface area (Å²) in [5.74, 6) is 1.37. The van der Waals surface area contributed by atoms with E-state index in [1.807, 2.05) is 6.08 Å². The molecule has 1 rings (SSSR count). The van der Waals surface area contributed by atoms with E-state index in [1.54, 1.807) is 0 Å². The summed E-state index contributed by atoms with van der Waals surface area (Å²) in [4.78, 5) is 0. The van der Waals surface area contributed by atoms with E-state index in [9.17, 15) is 0 Å². The Kier molecular flexibility index (Phi) is 2.69. The first-order chi connectivity index (χ1) is 5.24. The van der Waals surface area contributed by atoms with Gasteiger partial charge in [-0.1, -0.05) is 25.1 Å². The zero-order chi connectivity index (χ0) is 8.27. The second-order valence-electron chi connectivity index (χ2n) is 3.40. The maximum absolute atomic E-state index is 8.45. The van der Waals surface area contributed by atoms with Crippen molar-refractivity contribution in [1.82, 2.24) is 0 Å². The maximum Gasteiger partial charge on any atom is 0.0792 e. The molecule has 2 nitrogen and oxygen atoms in total. The van der Waals surface area contributed by atoms with Crippen LogP contribution in [0.15, 0.2) is 17.3 Å². The molecule has 0 saturated heterocycles. The van der Waals surface area contributed by atoms with Crippen molar-refractivity contribution in [3.63, 3.8) is 0 Å². The highest BCUT2D eigenvalue weighted by Crippen LogP contribution is 2.22. The van der Waals surface area contributed by atoms with Crippen molar-refractivity contribution in [2.45, 2.75) is 26.7 Å². The first-order valence-corrected chi connectivity index (χ1v) is 4.13. The molecule has 0 aromatic carbocycles. The van der Waals surface area contributed by atoms with Crippen LogP contribution in [0.2, 0.25) is 0 Å². The van der Waals surface area contributed by atoms with Crippen LogP contribution in [0.25, 0.3) is 0 Å². The average Bonchev–Trinajstić information content (AvgIpc) is 2.05. The standard InChI is InChI=1S/C9H15NO/c1-7(2)8-3-5-9(10-11)6-4-8/h3,5,7-8,11H,4,6H2,1-2H3/b10-9+. The molecule has 0 bridgehead atoms. The van der Waals surface area contributed by atoms with Gasteiger partial charge in [-0.2, -0.15) is 0 Å². The summed E-state index contributed by atoms with van der Waals surface area (Å²) in [6, 6.07) is 0. The quantitative estimate of drug-likeness (QED) is 0.455. The van der Waals surface area contributed by atoms with Crippen molar-refractivity contribution >= 4 is 5.71 Å². The Morgan fingerprint density at radius 1 is 1.64 bits per heavy atom. The second kappa shape index (κ2) is 3.56. The predicted octanol–water partition coefficient (Wildman–Crippen LogP) is 2.44. The average molecular weight is 153 g/mol. The van der Waals surface area contributed by atoms with Crippen molar-refractivity contribution in [2.24, 2.45) is 17.0 Å². The Labute approximate surface area is 67.6 Å². The van der Waals surface area contributed by atoms with Crippen molar-refractivity contribution in [2.75, 3.05) is 0 Å². The van der Waals surface area contributed by atoms with Gasteiger partial charge in [-0.15, -0.1) is 0 Å². The monoisotopic (exact) mass is 153 g/mol. The molecule has 1 aliphatic carbocycles. The first kappa shape index (κ1) is 8.31. The van der Waals surface area contributed by atoms with Crippen LogP contribution in [-0.2, 0) is 0 Å². The van der Waals surface area contributed by atoms with E-state index in [0.29, 0.717) is 11.8 Å². The lowest BCUT2D eigenvalue weighted by Gasteiger charge is -2.19. The van der Waals surface area contributed by atoms with Crippen molar-refractivity contribution in [1.29, 1.82) is 0 Å². The Morgan fingerprint density at radius 2 is 2.36 bits per heavy atom. The zero-order valence-corrected chi connectivity index (χ0v) is 7.12. The summed E-state index contributed by atoms with van der Waals surface area (Å²) >= 11 is 0. The number of hydrogen-bond acceptors (Lipinski definition) is 2.